The Morgan fingerprint density at radius 1 is 1.28 bits per heavy atom. The van der Waals surface area contributed by atoms with Crippen molar-refractivity contribution in [2.24, 2.45) is 5.92 Å². The van der Waals surface area contributed by atoms with Crippen molar-refractivity contribution in [3.05, 3.63) is 48.2 Å². The quantitative estimate of drug-likeness (QED) is 0.791. The molecule has 0 aliphatic carbocycles. The van der Waals surface area contributed by atoms with E-state index in [2.05, 4.69) is 17.0 Å². The van der Waals surface area contributed by atoms with Gasteiger partial charge in [0.1, 0.15) is 12.0 Å². The largest absolute Gasteiger partial charge is 0.472 e. The normalized spacial score (nSPS) is 20.7. The third-order valence-electron chi connectivity index (χ3n) is 4.81. The van der Waals surface area contributed by atoms with Gasteiger partial charge >= 0.3 is 0 Å². The second-order valence-electron chi connectivity index (χ2n) is 6.52. The summed E-state index contributed by atoms with van der Waals surface area (Å²) in [6.45, 7) is 4.13. The molecular formula is C19H22N4O2. The van der Waals surface area contributed by atoms with Gasteiger partial charge < -0.3 is 15.2 Å². The lowest BCUT2D eigenvalue weighted by Crippen LogP contribution is -2.29. The number of fused-ring (bicyclic) bond motifs is 1. The highest BCUT2D eigenvalue weighted by Crippen LogP contribution is 2.34. The van der Waals surface area contributed by atoms with Crippen LogP contribution >= 0.6 is 0 Å². The Morgan fingerprint density at radius 2 is 2.12 bits per heavy atom. The van der Waals surface area contributed by atoms with Crippen LogP contribution in [-0.2, 0) is 11.3 Å². The number of nitrogen functional groups attached to an aromatic ring is 1. The Labute approximate surface area is 146 Å². The summed E-state index contributed by atoms with van der Waals surface area (Å²) in [5.74, 6) is 1.46. The molecule has 0 unspecified atom stereocenters. The number of pyridine rings is 1. The van der Waals surface area contributed by atoms with Gasteiger partial charge in [-0.2, -0.15) is 5.10 Å². The minimum Gasteiger partial charge on any atom is -0.472 e. The molecule has 1 aliphatic heterocycles. The first-order chi connectivity index (χ1) is 12.2. The van der Waals surface area contributed by atoms with Crippen LogP contribution in [0.2, 0.25) is 0 Å². The van der Waals surface area contributed by atoms with Crippen molar-refractivity contribution < 1.29 is 9.47 Å². The Morgan fingerprint density at radius 3 is 2.92 bits per heavy atom. The molecule has 0 spiro atoms. The van der Waals surface area contributed by atoms with Crippen LogP contribution in [0.3, 0.4) is 0 Å². The number of rotatable bonds is 4. The van der Waals surface area contributed by atoms with Crippen molar-refractivity contribution in [2.75, 3.05) is 18.9 Å². The molecule has 2 aromatic heterocycles. The van der Waals surface area contributed by atoms with Gasteiger partial charge in [-0.1, -0.05) is 37.3 Å². The zero-order valence-corrected chi connectivity index (χ0v) is 14.3. The minimum absolute atomic E-state index is 0.179. The average molecular weight is 338 g/mol. The van der Waals surface area contributed by atoms with E-state index in [1.807, 2.05) is 41.1 Å². The second kappa shape index (κ2) is 6.72. The summed E-state index contributed by atoms with van der Waals surface area (Å²) >= 11 is 0. The first-order valence-corrected chi connectivity index (χ1v) is 8.61. The van der Waals surface area contributed by atoms with Gasteiger partial charge in [-0.25, -0.2) is 4.98 Å². The number of aromatic nitrogens is 3. The van der Waals surface area contributed by atoms with Gasteiger partial charge in [0, 0.05) is 12.8 Å². The standard InChI is InChI=1S/C19H22N4O2/c1-13-8-10-24-12-16(13)23-15-7-9-21-19(17(15)18(20)22-23)25-11-14-5-3-2-4-6-14/h2-7,9,13,16H,8,10-12H2,1H3,(H2,20,22)/t13-,16-/m0/s1. The van der Waals surface area contributed by atoms with Crippen LogP contribution in [0, 0.1) is 5.92 Å². The van der Waals surface area contributed by atoms with E-state index in [0.29, 0.717) is 30.8 Å². The Bertz CT molecular complexity index is 862. The summed E-state index contributed by atoms with van der Waals surface area (Å²) in [6, 6.07) is 12.1. The van der Waals surface area contributed by atoms with Gasteiger partial charge in [0.2, 0.25) is 5.88 Å². The number of nitrogens with two attached hydrogens (primary N) is 1. The number of hydrogen-bond acceptors (Lipinski definition) is 5. The Kier molecular flexibility index (Phi) is 4.28. The number of hydrogen-bond donors (Lipinski definition) is 1. The van der Waals surface area contributed by atoms with Crippen molar-refractivity contribution in [1.29, 1.82) is 0 Å². The van der Waals surface area contributed by atoms with E-state index >= 15 is 0 Å². The molecule has 2 atom stereocenters. The molecular weight excluding hydrogens is 316 g/mol. The highest BCUT2D eigenvalue weighted by atomic mass is 16.5. The third-order valence-corrected chi connectivity index (χ3v) is 4.81. The lowest BCUT2D eigenvalue weighted by Gasteiger charge is -2.29. The molecule has 25 heavy (non-hydrogen) atoms. The van der Waals surface area contributed by atoms with Gasteiger partial charge in [-0.3, -0.25) is 4.68 Å². The highest BCUT2D eigenvalue weighted by Gasteiger charge is 2.27. The predicted octanol–water partition coefficient (Wildman–Crippen LogP) is 3.19. The van der Waals surface area contributed by atoms with Gasteiger partial charge in [0.25, 0.3) is 0 Å². The number of benzene rings is 1. The van der Waals surface area contributed by atoms with Crippen molar-refractivity contribution in [2.45, 2.75) is 26.0 Å². The fraction of sp³-hybridized carbons (Fsp3) is 0.368. The maximum absolute atomic E-state index is 6.21. The molecule has 0 saturated carbocycles. The fourth-order valence-electron chi connectivity index (χ4n) is 3.31. The zero-order chi connectivity index (χ0) is 17.2. The topological polar surface area (TPSA) is 75.2 Å². The first-order valence-electron chi connectivity index (χ1n) is 8.61. The molecule has 0 amide bonds. The van der Waals surface area contributed by atoms with E-state index in [9.17, 15) is 0 Å². The molecule has 4 rings (SSSR count). The molecule has 0 radical (unpaired) electrons. The molecule has 1 aromatic carbocycles. The number of nitrogens with zero attached hydrogens (tertiary/aromatic N) is 3. The SMILES string of the molecule is C[C@H]1CCOC[C@@H]1n1nc(N)c2c(OCc3ccccc3)nccc21. The summed E-state index contributed by atoms with van der Waals surface area (Å²) in [7, 11) is 0. The third kappa shape index (κ3) is 3.05. The molecule has 0 bridgehead atoms. The van der Waals surface area contributed by atoms with E-state index in [0.717, 1.165) is 29.5 Å². The van der Waals surface area contributed by atoms with E-state index < -0.39 is 0 Å². The molecule has 1 saturated heterocycles. The van der Waals surface area contributed by atoms with E-state index in [-0.39, 0.29) is 6.04 Å². The summed E-state index contributed by atoms with van der Waals surface area (Å²) in [5.41, 5.74) is 8.23. The van der Waals surface area contributed by atoms with Gasteiger partial charge in [0.15, 0.2) is 5.82 Å². The van der Waals surface area contributed by atoms with E-state index in [1.54, 1.807) is 6.20 Å². The molecule has 1 aliphatic rings. The van der Waals surface area contributed by atoms with Crippen LogP contribution in [0.25, 0.3) is 10.9 Å². The van der Waals surface area contributed by atoms with Crippen molar-refractivity contribution >= 4 is 16.7 Å². The molecule has 2 N–H and O–H groups in total. The van der Waals surface area contributed by atoms with Crippen LogP contribution in [0.4, 0.5) is 5.82 Å². The van der Waals surface area contributed by atoms with Crippen LogP contribution in [-0.4, -0.2) is 28.0 Å². The Hall–Kier alpha value is -2.60. The van der Waals surface area contributed by atoms with E-state index in [4.69, 9.17) is 15.2 Å². The minimum atomic E-state index is 0.179. The maximum atomic E-state index is 6.21. The first kappa shape index (κ1) is 15.9. The number of ether oxygens (including phenoxy) is 2. The fourth-order valence-corrected chi connectivity index (χ4v) is 3.31. The summed E-state index contributed by atoms with van der Waals surface area (Å²) in [4.78, 5) is 4.37. The molecule has 130 valence electrons. The van der Waals surface area contributed by atoms with Crippen LogP contribution in [0.15, 0.2) is 42.6 Å². The van der Waals surface area contributed by atoms with Crippen LogP contribution in [0.5, 0.6) is 5.88 Å². The summed E-state index contributed by atoms with van der Waals surface area (Å²) in [5, 5.41) is 5.35. The molecule has 3 aromatic rings. The highest BCUT2D eigenvalue weighted by molar-refractivity contribution is 5.93. The summed E-state index contributed by atoms with van der Waals surface area (Å²) in [6.07, 6.45) is 2.77. The van der Waals surface area contributed by atoms with Crippen molar-refractivity contribution in [1.82, 2.24) is 14.8 Å². The average Bonchev–Trinajstić information content (AvgIpc) is 2.99. The van der Waals surface area contributed by atoms with Crippen LogP contribution in [0.1, 0.15) is 24.9 Å². The lowest BCUT2D eigenvalue weighted by atomic mass is 9.97. The molecule has 6 nitrogen and oxygen atoms in total. The molecule has 3 heterocycles. The Balaban J connectivity index is 1.67. The van der Waals surface area contributed by atoms with Gasteiger partial charge in [-0.15, -0.1) is 0 Å². The number of anilines is 1. The van der Waals surface area contributed by atoms with Gasteiger partial charge in [0.05, 0.1) is 18.2 Å². The molecule has 6 heteroatoms. The van der Waals surface area contributed by atoms with Gasteiger partial charge in [-0.05, 0) is 24.0 Å². The van der Waals surface area contributed by atoms with E-state index in [1.165, 1.54) is 0 Å². The maximum Gasteiger partial charge on any atom is 0.227 e. The summed E-state index contributed by atoms with van der Waals surface area (Å²) < 4.78 is 13.6. The van der Waals surface area contributed by atoms with Crippen LogP contribution < -0.4 is 10.5 Å². The predicted molar refractivity (Wildman–Crippen MR) is 96.4 cm³/mol. The zero-order valence-electron chi connectivity index (χ0n) is 14.3. The smallest absolute Gasteiger partial charge is 0.227 e. The second-order valence-corrected chi connectivity index (χ2v) is 6.52. The van der Waals surface area contributed by atoms with Crippen molar-refractivity contribution in [3.8, 4) is 5.88 Å². The lowest BCUT2D eigenvalue weighted by molar-refractivity contribution is 0.0255. The monoisotopic (exact) mass is 338 g/mol. The van der Waals surface area contributed by atoms with Crippen molar-refractivity contribution in [3.63, 3.8) is 0 Å². The molecule has 1 fully saturated rings.